The van der Waals surface area contributed by atoms with Crippen LogP contribution in [0.4, 0.5) is 11.6 Å². The summed E-state index contributed by atoms with van der Waals surface area (Å²) in [6.45, 7) is 3.23. The maximum atomic E-state index is 13.2. The average molecular weight is 734 g/mol. The van der Waals surface area contributed by atoms with Crippen molar-refractivity contribution in [2.45, 2.75) is 81.3 Å². The second-order valence-electron chi connectivity index (χ2n) is 13.0. The number of methoxy groups -OCH3 is 1. The van der Waals surface area contributed by atoms with Crippen LogP contribution in [0.25, 0.3) is 22.1 Å². The summed E-state index contributed by atoms with van der Waals surface area (Å²) < 4.78 is 12.6. The summed E-state index contributed by atoms with van der Waals surface area (Å²) in [5.74, 6) is 0.403. The number of fused-ring (bicyclic) bond motifs is 2. The molecule has 4 aromatic rings. The zero-order chi connectivity index (χ0) is 38.2. The third-order valence-corrected chi connectivity index (χ3v) is 9.58. The van der Waals surface area contributed by atoms with Gasteiger partial charge in [0, 0.05) is 43.7 Å². The molecule has 2 saturated carbocycles. The fourth-order valence-electron chi connectivity index (χ4n) is 6.92. The minimum absolute atomic E-state index is 0.00171. The first-order chi connectivity index (χ1) is 24.5. The first-order valence-corrected chi connectivity index (χ1v) is 16.4. The molecule has 12 N–H and O–H groups in total. The maximum absolute atomic E-state index is 13.2. The minimum atomic E-state index is -3.45. The van der Waals surface area contributed by atoms with E-state index in [1.54, 1.807) is 16.8 Å². The monoisotopic (exact) mass is 733 g/mol. The highest BCUT2D eigenvalue weighted by molar-refractivity contribution is 5.90. The van der Waals surface area contributed by atoms with Gasteiger partial charge in [0.1, 0.15) is 17.2 Å². The van der Waals surface area contributed by atoms with Gasteiger partial charge in [-0.3, -0.25) is 14.2 Å². The van der Waals surface area contributed by atoms with Gasteiger partial charge in [0.25, 0.3) is 0 Å². The number of nitrogens with one attached hydrogen (secondary N) is 1. The number of amides is 2. The Bertz CT molecular complexity index is 1980. The smallest absolute Gasteiger partial charge is 0.393 e. The van der Waals surface area contributed by atoms with Gasteiger partial charge in [-0.05, 0) is 56.6 Å². The number of imidazole rings is 1. The molecule has 1 aliphatic heterocycles. The van der Waals surface area contributed by atoms with Crippen LogP contribution in [0.1, 0.15) is 63.1 Å². The van der Waals surface area contributed by atoms with Crippen LogP contribution in [0.15, 0.2) is 29.2 Å². The van der Waals surface area contributed by atoms with Crippen molar-refractivity contribution in [3.05, 3.63) is 40.6 Å². The van der Waals surface area contributed by atoms with E-state index in [2.05, 4.69) is 20.8 Å². The van der Waals surface area contributed by atoms with Gasteiger partial charge in [0.15, 0.2) is 5.65 Å². The molecule has 3 fully saturated rings. The molecule has 21 heteroatoms. The van der Waals surface area contributed by atoms with Gasteiger partial charge in [0.05, 0.1) is 29.0 Å². The van der Waals surface area contributed by atoms with Crippen LogP contribution >= 0.6 is 0 Å². The van der Waals surface area contributed by atoms with E-state index < -0.39 is 41.5 Å². The Kier molecular flexibility index (Phi) is 11.0. The largest absolute Gasteiger partial charge is 0.404 e. The number of aliphatic hydroxyl groups excluding tert-OH is 1. The molecule has 7 rings (SSSR count). The number of hydrogen-bond donors (Lipinski definition) is 10. The van der Waals surface area contributed by atoms with E-state index >= 15 is 0 Å². The van der Waals surface area contributed by atoms with Crippen LogP contribution in [0.2, 0.25) is 0 Å². The van der Waals surface area contributed by atoms with Crippen molar-refractivity contribution in [1.29, 1.82) is 0 Å². The summed E-state index contributed by atoms with van der Waals surface area (Å²) in [6, 6.07) is 4.82. The van der Waals surface area contributed by atoms with Crippen LogP contribution in [-0.2, 0) is 30.7 Å². The minimum Gasteiger partial charge on any atom is -0.393 e. The van der Waals surface area contributed by atoms with Crippen molar-refractivity contribution in [1.82, 2.24) is 28.9 Å². The third-order valence-electron chi connectivity index (χ3n) is 9.58. The van der Waals surface area contributed by atoms with E-state index in [4.69, 9.17) is 40.7 Å². The molecule has 52 heavy (non-hydrogen) atoms. The van der Waals surface area contributed by atoms with Gasteiger partial charge in [0.2, 0.25) is 12.3 Å². The molecule has 21 nitrogen and oxygen atoms in total. The summed E-state index contributed by atoms with van der Waals surface area (Å²) in [5, 5.41) is 72.0. The van der Waals surface area contributed by atoms with Crippen LogP contribution < -0.4 is 22.5 Å². The number of carbonyl (C=O) groups excluding carboxylic acids is 2. The van der Waals surface area contributed by atoms with Crippen LogP contribution in [-0.4, -0.2) is 110 Å². The number of pyridine rings is 2. The van der Waals surface area contributed by atoms with Crippen LogP contribution in [0, 0.1) is 5.92 Å². The zero-order valence-electron chi connectivity index (χ0n) is 28.4. The van der Waals surface area contributed by atoms with E-state index in [-0.39, 0.29) is 29.3 Å². The number of rotatable bonds is 8. The highest BCUT2D eigenvalue weighted by Crippen LogP contribution is 2.51. The molecule has 0 spiro atoms. The molecule has 5 heterocycles. The lowest BCUT2D eigenvalue weighted by Crippen LogP contribution is -2.41. The predicted molar refractivity (Wildman–Crippen MR) is 179 cm³/mol. The standard InChI is InChI=1S/C28H34N8O7.C2H6O4.CH3NO/c1-14-12-27(14,25(29)38)36-24-18(23(33-36)15-6-8-43-9-7-15)4-5-21(32-24)31-22-11-19-20(13-30-22)35(28(40,41)42)26(39)34(19)16-2-3-17(37)10-16;1-6-2(3,4)5;2-1-3/h4-5,11,13-17,37,40-42H,2-3,6-10,12H2,1H3,(H2,29,38)(H,30,31,32);3-5H,1H3;1H,(H2,2,3). The molecular formula is C31H43N9O12. The van der Waals surface area contributed by atoms with Gasteiger partial charge in [-0.1, -0.05) is 6.92 Å². The number of nitrogens with zero attached hydrogens (tertiary/aromatic N) is 6. The summed E-state index contributed by atoms with van der Waals surface area (Å²) >= 11 is 0. The van der Waals surface area contributed by atoms with Gasteiger partial charge in [-0.25, -0.2) is 24.0 Å². The first-order valence-electron chi connectivity index (χ1n) is 16.4. The Morgan fingerprint density at radius 2 is 1.73 bits per heavy atom. The van der Waals surface area contributed by atoms with E-state index in [1.165, 1.54) is 10.8 Å². The Labute approximate surface area is 294 Å². The fraction of sp³-hybridized carbons (Fsp3) is 0.548. The van der Waals surface area contributed by atoms with E-state index in [0.717, 1.165) is 31.0 Å². The van der Waals surface area contributed by atoms with Crippen LogP contribution in [0.5, 0.6) is 0 Å². The molecular weight excluding hydrogens is 690 g/mol. The number of hydrogen-bond acceptors (Lipinski definition) is 16. The van der Waals surface area contributed by atoms with Crippen molar-refractivity contribution in [3.63, 3.8) is 0 Å². The molecule has 2 aliphatic carbocycles. The quantitative estimate of drug-likeness (QED) is 0.0675. The lowest BCUT2D eigenvalue weighted by atomic mass is 9.95. The molecule has 1 saturated heterocycles. The maximum Gasteiger partial charge on any atom is 0.404 e. The molecule has 2 amide bonds. The second-order valence-corrected chi connectivity index (χ2v) is 13.0. The number of anilines is 2. The average Bonchev–Trinajstić information content (AvgIpc) is 3.33. The number of aliphatic hydroxyl groups is 7. The molecule has 0 bridgehead atoms. The van der Waals surface area contributed by atoms with Crippen molar-refractivity contribution in [3.8, 4) is 0 Å². The van der Waals surface area contributed by atoms with Gasteiger partial charge in [-0.2, -0.15) is 5.10 Å². The van der Waals surface area contributed by atoms with Crippen molar-refractivity contribution in [2.75, 3.05) is 25.6 Å². The number of carbonyl (C=O) groups is 2. The molecule has 4 unspecified atom stereocenters. The van der Waals surface area contributed by atoms with Gasteiger partial charge < -0.3 is 62.0 Å². The lowest BCUT2D eigenvalue weighted by molar-refractivity contribution is -0.446. The Hall–Kier alpha value is -4.58. The Morgan fingerprint density at radius 3 is 2.25 bits per heavy atom. The Morgan fingerprint density at radius 1 is 1.10 bits per heavy atom. The molecule has 4 atom stereocenters. The second kappa shape index (κ2) is 14.8. The molecule has 0 radical (unpaired) electrons. The van der Waals surface area contributed by atoms with Crippen molar-refractivity contribution in [2.24, 2.45) is 17.4 Å². The van der Waals surface area contributed by atoms with Crippen molar-refractivity contribution < 1.29 is 54.8 Å². The molecule has 4 aromatic heterocycles. The molecule has 284 valence electrons. The van der Waals surface area contributed by atoms with E-state index in [0.29, 0.717) is 60.7 Å². The SMILES string of the molecule is CC1CC1(C(N)=O)n1nc(C2CCOCC2)c2ccc(Nc3cc4c(cn3)n(C(O)(O)O)c(=O)n4C3CCC(O)C3)nc21.COC(O)(O)O.NC=O. The van der Waals surface area contributed by atoms with Gasteiger partial charge in [-0.15, -0.1) is 0 Å². The topological polar surface area (TPSA) is 329 Å². The summed E-state index contributed by atoms with van der Waals surface area (Å²) in [7, 11) is 0.958. The third kappa shape index (κ3) is 7.62. The summed E-state index contributed by atoms with van der Waals surface area (Å²) in [5.41, 5.74) is 9.92. The molecule has 3 aliphatic rings. The Balaban J connectivity index is 0.000000522. The van der Waals surface area contributed by atoms with E-state index in [1.807, 2.05) is 13.0 Å². The first kappa shape index (κ1) is 38.6. The number of nitrogens with two attached hydrogens (primary N) is 2. The normalized spacial score (nSPS) is 23.4. The fourth-order valence-corrected chi connectivity index (χ4v) is 6.92. The number of ether oxygens (including phenoxy) is 2. The van der Waals surface area contributed by atoms with E-state index in [9.17, 15) is 30.0 Å². The highest BCUT2D eigenvalue weighted by Gasteiger charge is 2.60. The summed E-state index contributed by atoms with van der Waals surface area (Å²) in [4.78, 5) is 43.7. The number of aromatic nitrogens is 6. The lowest BCUT2D eigenvalue weighted by Gasteiger charge is -2.20. The summed E-state index contributed by atoms with van der Waals surface area (Å²) in [6.07, 6.45) is -2.03. The zero-order valence-corrected chi connectivity index (χ0v) is 28.4. The molecule has 0 aromatic carbocycles. The predicted octanol–water partition coefficient (Wildman–Crippen LogP) is -2.25. The van der Waals surface area contributed by atoms with Crippen molar-refractivity contribution >= 4 is 46.0 Å². The van der Waals surface area contributed by atoms with Gasteiger partial charge >= 0.3 is 17.9 Å². The number of primary amides is 2. The highest BCUT2D eigenvalue weighted by atomic mass is 16.9. The van der Waals surface area contributed by atoms with Crippen LogP contribution in [0.3, 0.4) is 0 Å².